The highest BCUT2D eigenvalue weighted by Gasteiger charge is 2.28. The maximum Gasteiger partial charge on any atom is 0.411 e. The summed E-state index contributed by atoms with van der Waals surface area (Å²) in [6.07, 6.45) is -0.487. The Morgan fingerprint density at radius 1 is 1.19 bits per heavy atom. The summed E-state index contributed by atoms with van der Waals surface area (Å²) in [6.45, 7) is 9.75. The van der Waals surface area contributed by atoms with E-state index in [1.54, 1.807) is 32.9 Å². The lowest BCUT2D eigenvalue weighted by molar-refractivity contribution is 0.00692. The molecule has 162 valence electrons. The van der Waals surface area contributed by atoms with Crippen LogP contribution in [0.15, 0.2) is 36.9 Å². The fourth-order valence-corrected chi connectivity index (χ4v) is 3.44. The van der Waals surface area contributed by atoms with Crippen molar-refractivity contribution in [3.05, 3.63) is 65.0 Å². The zero-order valence-corrected chi connectivity index (χ0v) is 18.0. The molecule has 0 atom stereocenters. The van der Waals surface area contributed by atoms with Crippen molar-refractivity contribution in [3.8, 4) is 0 Å². The van der Waals surface area contributed by atoms with E-state index in [0.717, 1.165) is 11.1 Å². The molecule has 0 bridgehead atoms. The second kappa shape index (κ2) is 8.22. The number of hydrogen-bond donors (Lipinski definition) is 2. The van der Waals surface area contributed by atoms with Gasteiger partial charge in [0.15, 0.2) is 0 Å². The van der Waals surface area contributed by atoms with Crippen LogP contribution in [-0.4, -0.2) is 47.3 Å². The summed E-state index contributed by atoms with van der Waals surface area (Å²) in [6, 6.07) is 8.23. The number of nitrogens with one attached hydrogen (secondary N) is 1. The number of amides is 2. The van der Waals surface area contributed by atoms with Crippen molar-refractivity contribution in [2.45, 2.75) is 32.8 Å². The highest BCUT2D eigenvalue weighted by Crippen LogP contribution is 2.35. The van der Waals surface area contributed by atoms with Crippen LogP contribution in [0.1, 0.15) is 58.4 Å². The number of fused-ring (bicyclic) bond motifs is 1. The molecule has 0 aliphatic carbocycles. The minimum atomic E-state index is -1.02. The second-order valence-electron chi connectivity index (χ2n) is 8.17. The van der Waals surface area contributed by atoms with Crippen molar-refractivity contribution in [2.75, 3.05) is 18.5 Å². The molecule has 2 heterocycles. The van der Waals surface area contributed by atoms with Gasteiger partial charge in [0, 0.05) is 19.2 Å². The van der Waals surface area contributed by atoms with Crippen molar-refractivity contribution < 1.29 is 24.2 Å². The Kier molecular flexibility index (Phi) is 5.83. The molecule has 1 aromatic carbocycles. The third kappa shape index (κ3) is 4.58. The molecule has 8 heteroatoms. The number of nitrogens with zero attached hydrogens (tertiary/aromatic N) is 2. The van der Waals surface area contributed by atoms with Gasteiger partial charge in [-0.15, -0.1) is 0 Å². The zero-order valence-electron chi connectivity index (χ0n) is 18.0. The molecule has 0 fully saturated rings. The maximum atomic E-state index is 12.7. The first-order valence-electron chi connectivity index (χ1n) is 9.81. The van der Waals surface area contributed by atoms with E-state index in [-0.39, 0.29) is 11.3 Å². The smallest absolute Gasteiger partial charge is 0.411 e. The van der Waals surface area contributed by atoms with Crippen LogP contribution < -0.4 is 10.2 Å². The van der Waals surface area contributed by atoms with E-state index in [4.69, 9.17) is 4.74 Å². The van der Waals surface area contributed by atoms with Gasteiger partial charge in [-0.1, -0.05) is 18.7 Å². The summed E-state index contributed by atoms with van der Waals surface area (Å²) in [5.41, 5.74) is 2.51. The molecule has 1 aromatic heterocycles. The Morgan fingerprint density at radius 3 is 2.48 bits per heavy atom. The SMILES string of the molecule is C=C(c1cc(C(=O)OC(C)(C)C)cc(C(=O)NC)n1)c1cccc2c1CCN2C(=O)O. The van der Waals surface area contributed by atoms with Crippen molar-refractivity contribution in [2.24, 2.45) is 0 Å². The molecule has 2 N–H and O–H groups in total. The predicted octanol–water partition coefficient (Wildman–Crippen LogP) is 3.50. The lowest BCUT2D eigenvalue weighted by Crippen LogP contribution is -2.26. The molecular weight excluding hydrogens is 398 g/mol. The number of anilines is 1. The Hall–Kier alpha value is -3.68. The van der Waals surface area contributed by atoms with Crippen LogP contribution in [0.3, 0.4) is 0 Å². The molecule has 31 heavy (non-hydrogen) atoms. The fraction of sp³-hybridized carbons (Fsp3) is 0.304. The summed E-state index contributed by atoms with van der Waals surface area (Å²) in [5, 5.41) is 11.9. The predicted molar refractivity (Wildman–Crippen MR) is 116 cm³/mol. The van der Waals surface area contributed by atoms with Gasteiger partial charge in [-0.2, -0.15) is 0 Å². The molecule has 1 aliphatic heterocycles. The van der Waals surface area contributed by atoms with Gasteiger partial charge < -0.3 is 15.2 Å². The minimum Gasteiger partial charge on any atom is -0.465 e. The zero-order chi connectivity index (χ0) is 22.9. The van der Waals surface area contributed by atoms with E-state index >= 15 is 0 Å². The van der Waals surface area contributed by atoms with Gasteiger partial charge >= 0.3 is 12.1 Å². The normalized spacial score (nSPS) is 12.8. The molecule has 2 aromatic rings. The molecule has 2 amide bonds. The fourth-order valence-electron chi connectivity index (χ4n) is 3.44. The molecule has 0 unspecified atom stereocenters. The van der Waals surface area contributed by atoms with Crippen LogP contribution in [0.25, 0.3) is 5.57 Å². The van der Waals surface area contributed by atoms with Gasteiger partial charge in [0.25, 0.3) is 5.91 Å². The quantitative estimate of drug-likeness (QED) is 0.729. The molecule has 0 saturated carbocycles. The summed E-state index contributed by atoms with van der Waals surface area (Å²) >= 11 is 0. The number of ether oxygens (including phenoxy) is 1. The van der Waals surface area contributed by atoms with Gasteiger partial charge in [-0.3, -0.25) is 9.69 Å². The van der Waals surface area contributed by atoms with Crippen molar-refractivity contribution in [1.82, 2.24) is 10.3 Å². The topological polar surface area (TPSA) is 109 Å². The minimum absolute atomic E-state index is 0.0572. The molecule has 0 saturated heterocycles. The van der Waals surface area contributed by atoms with Crippen LogP contribution in [0.4, 0.5) is 10.5 Å². The summed E-state index contributed by atoms with van der Waals surface area (Å²) < 4.78 is 5.45. The standard InChI is InChI=1S/C23H25N3O5/c1-13(15-7-6-8-19-16(15)9-10-26(19)22(29)30)17-11-14(21(28)31-23(2,3)4)12-18(25-17)20(27)24-5/h6-8,11-12H,1,9-10H2,2-5H3,(H,24,27)(H,29,30). The Bertz CT molecular complexity index is 1090. The molecule has 0 radical (unpaired) electrons. The maximum absolute atomic E-state index is 12.7. The first-order valence-corrected chi connectivity index (χ1v) is 9.81. The van der Waals surface area contributed by atoms with E-state index in [1.165, 1.54) is 24.1 Å². The summed E-state index contributed by atoms with van der Waals surface area (Å²) in [5.74, 6) is -1.03. The third-order valence-corrected chi connectivity index (χ3v) is 4.81. The highest BCUT2D eigenvalue weighted by molar-refractivity contribution is 5.98. The van der Waals surface area contributed by atoms with Crippen LogP contribution in [0.2, 0.25) is 0 Å². The first-order chi connectivity index (χ1) is 14.5. The van der Waals surface area contributed by atoms with Gasteiger partial charge in [0.1, 0.15) is 11.3 Å². The van der Waals surface area contributed by atoms with E-state index in [0.29, 0.717) is 29.9 Å². The van der Waals surface area contributed by atoms with Gasteiger partial charge in [0.05, 0.1) is 16.9 Å². The summed E-state index contributed by atoms with van der Waals surface area (Å²) in [7, 11) is 1.48. The average molecular weight is 423 g/mol. The Morgan fingerprint density at radius 2 is 1.87 bits per heavy atom. The average Bonchev–Trinajstić information content (AvgIpc) is 3.15. The highest BCUT2D eigenvalue weighted by atomic mass is 16.6. The molecule has 0 spiro atoms. The van der Waals surface area contributed by atoms with E-state index in [2.05, 4.69) is 16.9 Å². The van der Waals surface area contributed by atoms with Crippen molar-refractivity contribution in [1.29, 1.82) is 0 Å². The van der Waals surface area contributed by atoms with Gasteiger partial charge in [-0.25, -0.2) is 14.6 Å². The number of benzene rings is 1. The largest absolute Gasteiger partial charge is 0.465 e. The number of aromatic nitrogens is 1. The Balaban J connectivity index is 2.07. The molecule has 3 rings (SSSR count). The van der Waals surface area contributed by atoms with Crippen LogP contribution in [0.5, 0.6) is 0 Å². The van der Waals surface area contributed by atoms with Crippen LogP contribution >= 0.6 is 0 Å². The number of pyridine rings is 1. The van der Waals surface area contributed by atoms with Crippen LogP contribution in [0, 0.1) is 0 Å². The molecule has 1 aliphatic rings. The number of rotatable bonds is 4. The first kappa shape index (κ1) is 22.0. The summed E-state index contributed by atoms with van der Waals surface area (Å²) in [4.78, 5) is 42.1. The van der Waals surface area contributed by atoms with Crippen LogP contribution in [-0.2, 0) is 11.2 Å². The Labute approximate surface area is 180 Å². The van der Waals surface area contributed by atoms with Gasteiger partial charge in [-0.05, 0) is 56.5 Å². The number of carboxylic acid groups (broad SMARTS) is 1. The number of hydrogen-bond acceptors (Lipinski definition) is 5. The van der Waals surface area contributed by atoms with Crippen molar-refractivity contribution >= 4 is 29.2 Å². The van der Waals surface area contributed by atoms with E-state index in [1.807, 2.05) is 6.07 Å². The molecule has 8 nitrogen and oxygen atoms in total. The number of carbonyl (C=O) groups is 3. The van der Waals surface area contributed by atoms with Gasteiger partial charge in [0.2, 0.25) is 0 Å². The third-order valence-electron chi connectivity index (χ3n) is 4.81. The second-order valence-corrected chi connectivity index (χ2v) is 8.17. The van der Waals surface area contributed by atoms with E-state index in [9.17, 15) is 19.5 Å². The monoisotopic (exact) mass is 423 g/mol. The molecular formula is C23H25N3O5. The lowest BCUT2D eigenvalue weighted by atomic mass is 9.95. The number of esters is 1. The lowest BCUT2D eigenvalue weighted by Gasteiger charge is -2.20. The number of carbonyl (C=O) groups excluding carboxylic acids is 2. The van der Waals surface area contributed by atoms with Crippen molar-refractivity contribution in [3.63, 3.8) is 0 Å². The van der Waals surface area contributed by atoms with E-state index < -0.39 is 23.6 Å².